The third-order valence-electron chi connectivity index (χ3n) is 10.1. The minimum absolute atomic E-state index is 0.00843. The Kier molecular flexibility index (Phi) is 15.1. The lowest BCUT2D eigenvalue weighted by molar-refractivity contribution is -0.150. The fraction of sp³-hybridized carbons (Fsp3) is 0.465. The van der Waals surface area contributed by atoms with Crippen LogP contribution >= 0.6 is 0 Å². The number of amides is 2. The Bertz CT molecular complexity index is 1520. The Morgan fingerprint density at radius 2 is 1.55 bits per heavy atom. The van der Waals surface area contributed by atoms with Crippen molar-refractivity contribution in [3.63, 3.8) is 0 Å². The quantitative estimate of drug-likeness (QED) is 0.133. The maximum Gasteiger partial charge on any atom is 0.309 e. The number of cyclic esters (lactones) is 1. The lowest BCUT2D eigenvalue weighted by Crippen LogP contribution is -2.45. The van der Waals surface area contributed by atoms with Crippen LogP contribution in [0.1, 0.15) is 80.9 Å². The summed E-state index contributed by atoms with van der Waals surface area (Å²) in [6.07, 6.45) is 13.3. The first-order valence-electron chi connectivity index (χ1n) is 18.8. The number of benzene rings is 3. The third-order valence-corrected chi connectivity index (χ3v) is 10.1. The van der Waals surface area contributed by atoms with E-state index < -0.39 is 12.0 Å². The van der Waals surface area contributed by atoms with Crippen molar-refractivity contribution in [2.45, 2.75) is 95.7 Å². The van der Waals surface area contributed by atoms with Crippen LogP contribution in [0.25, 0.3) is 0 Å². The molecule has 0 spiro atoms. The number of rotatable bonds is 13. The molecule has 1 aliphatic carbocycles. The Morgan fingerprint density at radius 3 is 2.25 bits per heavy atom. The lowest BCUT2D eigenvalue weighted by atomic mass is 9.84. The summed E-state index contributed by atoms with van der Waals surface area (Å²) in [6.45, 7) is 0.371. The third kappa shape index (κ3) is 13.0. The monoisotopic (exact) mass is 694 g/mol. The number of esters is 1. The van der Waals surface area contributed by atoms with Gasteiger partial charge >= 0.3 is 5.97 Å². The molecule has 8 nitrogen and oxygen atoms in total. The van der Waals surface area contributed by atoms with Gasteiger partial charge in [0.1, 0.15) is 19.0 Å². The molecule has 5 rings (SSSR count). The molecule has 3 N–H and O–H groups in total. The number of allylic oxidation sites excluding steroid dienone is 2. The van der Waals surface area contributed by atoms with Crippen molar-refractivity contribution < 1.29 is 29.0 Å². The van der Waals surface area contributed by atoms with E-state index in [1.165, 1.54) is 19.3 Å². The second kappa shape index (κ2) is 20.4. The van der Waals surface area contributed by atoms with Crippen molar-refractivity contribution in [3.8, 4) is 5.75 Å². The van der Waals surface area contributed by atoms with Crippen LogP contribution in [0.4, 0.5) is 0 Å². The van der Waals surface area contributed by atoms with E-state index in [9.17, 15) is 19.5 Å². The van der Waals surface area contributed by atoms with Gasteiger partial charge in [-0.25, -0.2) is 0 Å². The summed E-state index contributed by atoms with van der Waals surface area (Å²) in [6, 6.07) is 26.8. The van der Waals surface area contributed by atoms with Gasteiger partial charge in [-0.2, -0.15) is 0 Å². The van der Waals surface area contributed by atoms with Gasteiger partial charge in [-0.1, -0.05) is 117 Å². The molecule has 3 aromatic rings. The smallest absolute Gasteiger partial charge is 0.309 e. The van der Waals surface area contributed by atoms with Gasteiger partial charge in [0.05, 0.1) is 30.5 Å². The summed E-state index contributed by atoms with van der Waals surface area (Å²) in [7, 11) is 0. The molecule has 272 valence electrons. The summed E-state index contributed by atoms with van der Waals surface area (Å²) in [5.41, 5.74) is 3.13. The Balaban J connectivity index is 1.20. The molecule has 0 radical (unpaired) electrons. The van der Waals surface area contributed by atoms with Gasteiger partial charge in [-0.15, -0.1) is 0 Å². The van der Waals surface area contributed by atoms with Gasteiger partial charge in [-0.05, 0) is 73.3 Å². The minimum atomic E-state index is -0.591. The molecule has 1 fully saturated rings. The van der Waals surface area contributed by atoms with E-state index in [4.69, 9.17) is 9.47 Å². The lowest BCUT2D eigenvalue weighted by Gasteiger charge is -2.28. The van der Waals surface area contributed by atoms with Crippen molar-refractivity contribution in [1.29, 1.82) is 0 Å². The van der Waals surface area contributed by atoms with E-state index in [0.717, 1.165) is 41.7 Å². The molecular weight excluding hydrogens is 640 g/mol. The molecule has 51 heavy (non-hydrogen) atoms. The number of carbonyl (C=O) groups is 3. The zero-order chi connectivity index (χ0) is 35.7. The van der Waals surface area contributed by atoms with Crippen molar-refractivity contribution >= 4 is 17.8 Å². The van der Waals surface area contributed by atoms with Crippen molar-refractivity contribution in [2.75, 3.05) is 13.2 Å². The van der Waals surface area contributed by atoms with E-state index in [1.54, 1.807) is 0 Å². The molecule has 0 aromatic heterocycles. The van der Waals surface area contributed by atoms with Crippen molar-refractivity contribution in [1.82, 2.24) is 10.6 Å². The molecule has 8 heteroatoms. The average Bonchev–Trinajstić information content (AvgIpc) is 3.17. The molecule has 2 aliphatic rings. The van der Waals surface area contributed by atoms with E-state index in [-0.39, 0.29) is 49.4 Å². The molecule has 1 heterocycles. The second-order valence-corrected chi connectivity index (χ2v) is 14.2. The fourth-order valence-corrected chi connectivity index (χ4v) is 7.19. The highest BCUT2D eigenvalue weighted by atomic mass is 16.5. The Hall–Kier alpha value is -4.43. The number of nitrogens with one attached hydrogen (secondary N) is 2. The summed E-state index contributed by atoms with van der Waals surface area (Å²) >= 11 is 0. The maximum atomic E-state index is 13.8. The maximum absolute atomic E-state index is 13.8. The summed E-state index contributed by atoms with van der Waals surface area (Å²) in [5.74, 6) is -0.380. The molecule has 0 unspecified atom stereocenters. The molecule has 3 aromatic carbocycles. The van der Waals surface area contributed by atoms with Crippen LogP contribution in [0.15, 0.2) is 97.1 Å². The number of hydrogen-bond acceptors (Lipinski definition) is 6. The van der Waals surface area contributed by atoms with Gasteiger partial charge < -0.3 is 25.2 Å². The molecular formula is C43H54N2O6. The van der Waals surface area contributed by atoms with Crippen LogP contribution in [0.5, 0.6) is 5.75 Å². The minimum Gasteiger partial charge on any atom is -0.489 e. The number of ether oxygens (including phenoxy) is 2. The normalized spacial score (nSPS) is 21.2. The SMILES string of the molecule is O=C(C[C@H]1CC=CCC[C@H](Cc2ccccc2)C(=O)OC[C@H](CC2CCCCC2)NC1=O)N[C@H](CO)Cc1ccc(OCc2ccccc2)cc1. The van der Waals surface area contributed by atoms with Crippen LogP contribution in [0, 0.1) is 17.8 Å². The highest BCUT2D eigenvalue weighted by molar-refractivity contribution is 5.86. The second-order valence-electron chi connectivity index (χ2n) is 14.2. The van der Waals surface area contributed by atoms with Gasteiger partial charge in [0.2, 0.25) is 11.8 Å². The predicted molar refractivity (Wildman–Crippen MR) is 199 cm³/mol. The van der Waals surface area contributed by atoms with Gasteiger partial charge in [0.15, 0.2) is 0 Å². The highest BCUT2D eigenvalue weighted by Gasteiger charge is 2.29. The van der Waals surface area contributed by atoms with Crippen LogP contribution < -0.4 is 15.4 Å². The fourth-order valence-electron chi connectivity index (χ4n) is 7.19. The number of hydrogen-bond donors (Lipinski definition) is 3. The zero-order valence-electron chi connectivity index (χ0n) is 29.7. The molecule has 1 saturated carbocycles. The summed E-state index contributed by atoms with van der Waals surface area (Å²) in [4.78, 5) is 40.5. The predicted octanol–water partition coefficient (Wildman–Crippen LogP) is 6.89. The Morgan fingerprint density at radius 1 is 0.843 bits per heavy atom. The standard InChI is InChI=1S/C43H54N2O6/c46-29-38(26-34-21-23-40(24-22-34)50-30-35-17-9-3-10-18-35)44-41(47)28-36-19-11-4-12-20-37(25-32-13-5-1-6-14-32)43(49)51-31-39(45-42(36)48)27-33-15-7-2-8-16-33/h1,3-6,9-11,13-14,17-18,21-24,33,36-39,46H,2,7-8,12,15-16,19-20,25-31H2,(H,44,47)(H,45,48)/t36-,37-,38+,39+/m1/s1. The van der Waals surface area contributed by atoms with Gasteiger partial charge in [-0.3, -0.25) is 14.4 Å². The Labute approximate surface area is 303 Å². The van der Waals surface area contributed by atoms with Gasteiger partial charge in [0.25, 0.3) is 0 Å². The highest BCUT2D eigenvalue weighted by Crippen LogP contribution is 2.28. The molecule has 2 amide bonds. The molecule has 4 atom stereocenters. The molecule has 0 bridgehead atoms. The van der Waals surface area contributed by atoms with E-state index >= 15 is 0 Å². The number of carbonyl (C=O) groups excluding carboxylic acids is 3. The van der Waals surface area contributed by atoms with E-state index in [2.05, 4.69) is 10.6 Å². The number of aliphatic hydroxyl groups excluding tert-OH is 1. The van der Waals surface area contributed by atoms with Crippen molar-refractivity contribution in [2.24, 2.45) is 17.8 Å². The first-order valence-corrected chi connectivity index (χ1v) is 18.8. The molecule has 1 aliphatic heterocycles. The van der Waals surface area contributed by atoms with E-state index in [1.807, 2.05) is 97.1 Å². The van der Waals surface area contributed by atoms with Crippen LogP contribution in [-0.2, 0) is 38.6 Å². The topological polar surface area (TPSA) is 114 Å². The first-order chi connectivity index (χ1) is 24.9. The van der Waals surface area contributed by atoms with Crippen LogP contribution in [-0.4, -0.2) is 48.2 Å². The molecule has 0 saturated heterocycles. The zero-order valence-corrected chi connectivity index (χ0v) is 29.7. The van der Waals surface area contributed by atoms with Crippen molar-refractivity contribution in [3.05, 3.63) is 114 Å². The summed E-state index contributed by atoms with van der Waals surface area (Å²) < 4.78 is 11.8. The number of aliphatic hydroxyl groups is 1. The average molecular weight is 695 g/mol. The van der Waals surface area contributed by atoms with Crippen LogP contribution in [0.2, 0.25) is 0 Å². The first kappa shape index (κ1) is 37.8. The largest absolute Gasteiger partial charge is 0.489 e. The summed E-state index contributed by atoms with van der Waals surface area (Å²) in [5, 5.41) is 16.3. The van der Waals surface area contributed by atoms with Gasteiger partial charge in [0, 0.05) is 6.42 Å². The van der Waals surface area contributed by atoms with E-state index in [0.29, 0.717) is 44.6 Å². The van der Waals surface area contributed by atoms with Crippen LogP contribution in [0.3, 0.4) is 0 Å².